The Morgan fingerprint density at radius 3 is 2.30 bits per heavy atom. The molecule has 1 unspecified atom stereocenters. The van der Waals surface area contributed by atoms with E-state index in [0.29, 0.717) is 0 Å². The van der Waals surface area contributed by atoms with E-state index >= 15 is 0 Å². The molecule has 0 rings (SSSR count). The highest BCUT2D eigenvalue weighted by atomic mass is 35.5. The Balaban J connectivity index is 0. The van der Waals surface area contributed by atoms with Gasteiger partial charge in [-0.25, -0.2) is 9.59 Å². The molecule has 0 radical (unpaired) electrons. The Hall–Kier alpha value is -1.61. The van der Waals surface area contributed by atoms with E-state index in [1.54, 1.807) is 0 Å². The average molecular weight is 320 g/mol. The molecule has 0 aliphatic rings. The first kappa shape index (κ1) is 20.7. The number of carbonyl (C=O) groups is 3. The van der Waals surface area contributed by atoms with Crippen LogP contribution in [0, 0.1) is 0 Å². The molecular weight excluding hydrogens is 307 g/mol. The van der Waals surface area contributed by atoms with Crippen molar-refractivity contribution in [3.8, 4) is 0 Å². The molecule has 10 heteroatoms. The lowest BCUT2D eigenvalue weighted by atomic mass is 10.2. The molecule has 116 valence electrons. The molecule has 0 spiro atoms. The molecule has 0 aromatic heterocycles. The van der Waals surface area contributed by atoms with Gasteiger partial charge in [0, 0.05) is 6.42 Å². The van der Waals surface area contributed by atoms with Gasteiger partial charge in [-0.1, -0.05) is 12.7 Å². The molecule has 0 aromatic rings. The summed E-state index contributed by atoms with van der Waals surface area (Å²) < 4.78 is 43.4. The summed E-state index contributed by atoms with van der Waals surface area (Å²) in [7, 11) is 0. The predicted molar refractivity (Wildman–Crippen MR) is 62.8 cm³/mol. The van der Waals surface area contributed by atoms with E-state index in [1.807, 2.05) is 0 Å². The van der Waals surface area contributed by atoms with Gasteiger partial charge in [0.05, 0.1) is 0 Å². The van der Waals surface area contributed by atoms with Gasteiger partial charge in [0.15, 0.2) is 0 Å². The Morgan fingerprint density at radius 2 is 1.85 bits per heavy atom. The van der Waals surface area contributed by atoms with Crippen LogP contribution in [0.2, 0.25) is 0 Å². The second kappa shape index (κ2) is 9.32. The van der Waals surface area contributed by atoms with E-state index < -0.39 is 30.1 Å². The van der Waals surface area contributed by atoms with E-state index in [2.05, 4.69) is 16.1 Å². The third-order valence-corrected chi connectivity index (χ3v) is 1.75. The summed E-state index contributed by atoms with van der Waals surface area (Å²) in [6.07, 6.45) is -4.57. The Kier molecular flexibility index (Phi) is 9.65. The molecular formula is C10H13ClF3NO5. The van der Waals surface area contributed by atoms with Crippen molar-refractivity contribution in [2.24, 2.45) is 5.73 Å². The van der Waals surface area contributed by atoms with E-state index in [0.717, 1.165) is 0 Å². The van der Waals surface area contributed by atoms with Gasteiger partial charge >= 0.3 is 24.1 Å². The normalized spacial score (nSPS) is 11.8. The van der Waals surface area contributed by atoms with Crippen molar-refractivity contribution in [2.45, 2.75) is 25.1 Å². The summed E-state index contributed by atoms with van der Waals surface area (Å²) in [5.74, 6) is -4.91. The maximum absolute atomic E-state index is 11.8. The highest BCUT2D eigenvalue weighted by Crippen LogP contribution is 2.17. The van der Waals surface area contributed by atoms with Crippen LogP contribution in [0.1, 0.15) is 12.8 Å². The molecule has 0 bridgehead atoms. The molecule has 0 saturated heterocycles. The molecule has 0 fully saturated rings. The van der Waals surface area contributed by atoms with Crippen LogP contribution in [-0.4, -0.2) is 36.7 Å². The zero-order valence-electron chi connectivity index (χ0n) is 10.1. The summed E-state index contributed by atoms with van der Waals surface area (Å²) in [5.41, 5.74) is 5.16. The second-order valence-electron chi connectivity index (χ2n) is 3.32. The summed E-state index contributed by atoms with van der Waals surface area (Å²) in [5, 5.41) is 0. The number of esters is 3. The van der Waals surface area contributed by atoms with Crippen LogP contribution in [0.3, 0.4) is 0 Å². The minimum absolute atomic E-state index is 0. The summed E-state index contributed by atoms with van der Waals surface area (Å²) in [6.45, 7) is 3.26. The first-order chi connectivity index (χ1) is 8.68. The van der Waals surface area contributed by atoms with Gasteiger partial charge in [0.1, 0.15) is 12.6 Å². The predicted octanol–water partition coefficient (Wildman–Crippen LogP) is 0.877. The topological polar surface area (TPSA) is 95.7 Å². The van der Waals surface area contributed by atoms with Crippen molar-refractivity contribution in [3.63, 3.8) is 0 Å². The fourth-order valence-electron chi connectivity index (χ4n) is 0.840. The standard InChI is InChI=1S/C10H12F3NO5.ClH/c1-2-5-18-7(15)4-3-6(14)8(16)19-9(17)10(11,12)13;/h2,6H,1,3-5,14H2;1H. The van der Waals surface area contributed by atoms with Crippen molar-refractivity contribution < 1.29 is 37.0 Å². The Bertz CT molecular complexity index is 372. The van der Waals surface area contributed by atoms with Crippen molar-refractivity contribution in [2.75, 3.05) is 6.61 Å². The summed E-state index contributed by atoms with van der Waals surface area (Å²) in [4.78, 5) is 32.3. The molecule has 0 heterocycles. The first-order valence-electron chi connectivity index (χ1n) is 5.03. The first-order valence-corrected chi connectivity index (χ1v) is 5.03. The molecule has 0 aliphatic carbocycles. The van der Waals surface area contributed by atoms with Crippen LogP contribution in [0.15, 0.2) is 12.7 Å². The second-order valence-corrected chi connectivity index (χ2v) is 3.32. The largest absolute Gasteiger partial charge is 0.491 e. The molecule has 20 heavy (non-hydrogen) atoms. The van der Waals surface area contributed by atoms with Gasteiger partial charge in [0.2, 0.25) is 0 Å². The fourth-order valence-corrected chi connectivity index (χ4v) is 0.840. The number of ether oxygens (including phenoxy) is 2. The highest BCUT2D eigenvalue weighted by molar-refractivity contribution is 5.91. The molecule has 0 amide bonds. The van der Waals surface area contributed by atoms with Gasteiger partial charge in [-0.15, -0.1) is 12.4 Å². The fraction of sp³-hybridized carbons (Fsp3) is 0.500. The Labute approximate surface area is 118 Å². The van der Waals surface area contributed by atoms with Crippen molar-refractivity contribution >= 4 is 30.3 Å². The monoisotopic (exact) mass is 319 g/mol. The number of alkyl halides is 3. The third-order valence-electron chi connectivity index (χ3n) is 1.75. The minimum Gasteiger partial charge on any atom is -0.461 e. The van der Waals surface area contributed by atoms with E-state index in [1.165, 1.54) is 6.08 Å². The van der Waals surface area contributed by atoms with Crippen LogP contribution >= 0.6 is 12.4 Å². The van der Waals surface area contributed by atoms with Crippen molar-refractivity contribution in [1.82, 2.24) is 0 Å². The van der Waals surface area contributed by atoms with E-state index in [-0.39, 0.29) is 31.9 Å². The lowest BCUT2D eigenvalue weighted by molar-refractivity contribution is -0.202. The van der Waals surface area contributed by atoms with Crippen LogP contribution < -0.4 is 5.73 Å². The Morgan fingerprint density at radius 1 is 1.30 bits per heavy atom. The number of nitrogens with two attached hydrogens (primary N) is 1. The van der Waals surface area contributed by atoms with Crippen molar-refractivity contribution in [1.29, 1.82) is 0 Å². The van der Waals surface area contributed by atoms with Gasteiger partial charge in [0.25, 0.3) is 0 Å². The molecule has 1 atom stereocenters. The quantitative estimate of drug-likeness (QED) is 0.443. The maximum atomic E-state index is 11.8. The molecule has 6 nitrogen and oxygen atoms in total. The average Bonchev–Trinajstić information content (AvgIpc) is 2.31. The summed E-state index contributed by atoms with van der Waals surface area (Å²) in [6, 6.07) is -1.53. The summed E-state index contributed by atoms with van der Waals surface area (Å²) >= 11 is 0. The number of hydrogen-bond acceptors (Lipinski definition) is 6. The van der Waals surface area contributed by atoms with Gasteiger partial charge in [-0.2, -0.15) is 13.2 Å². The van der Waals surface area contributed by atoms with Crippen LogP contribution in [-0.2, 0) is 23.9 Å². The smallest absolute Gasteiger partial charge is 0.461 e. The number of halogens is 4. The van der Waals surface area contributed by atoms with E-state index in [9.17, 15) is 27.6 Å². The van der Waals surface area contributed by atoms with Crippen molar-refractivity contribution in [3.05, 3.63) is 12.7 Å². The number of carbonyl (C=O) groups excluding carboxylic acids is 3. The molecule has 0 aliphatic heterocycles. The van der Waals surface area contributed by atoms with Crippen LogP contribution in [0.25, 0.3) is 0 Å². The van der Waals surface area contributed by atoms with Gasteiger partial charge in [-0.3, -0.25) is 4.79 Å². The minimum atomic E-state index is -5.28. The third kappa shape index (κ3) is 8.48. The number of hydrogen-bond donors (Lipinski definition) is 1. The van der Waals surface area contributed by atoms with Gasteiger partial charge < -0.3 is 15.2 Å². The lowest BCUT2D eigenvalue weighted by Gasteiger charge is -2.10. The zero-order chi connectivity index (χ0) is 15.1. The lowest BCUT2D eigenvalue weighted by Crippen LogP contribution is -2.38. The van der Waals surface area contributed by atoms with Gasteiger partial charge in [-0.05, 0) is 6.42 Å². The highest BCUT2D eigenvalue weighted by Gasteiger charge is 2.43. The zero-order valence-corrected chi connectivity index (χ0v) is 11.0. The van der Waals surface area contributed by atoms with E-state index in [4.69, 9.17) is 5.73 Å². The molecule has 0 aromatic carbocycles. The molecule has 2 N–H and O–H groups in total. The maximum Gasteiger partial charge on any atom is 0.491 e. The van der Waals surface area contributed by atoms with Crippen LogP contribution in [0.5, 0.6) is 0 Å². The SMILES string of the molecule is C=CCOC(=O)CCC(N)C(=O)OC(=O)C(F)(F)F.Cl. The molecule has 0 saturated carbocycles. The van der Waals surface area contributed by atoms with Crippen LogP contribution in [0.4, 0.5) is 13.2 Å². The number of rotatable bonds is 6.